The van der Waals surface area contributed by atoms with E-state index in [1.165, 1.54) is 17.5 Å². The molecule has 6 heteroatoms. The fourth-order valence-electron chi connectivity index (χ4n) is 4.78. The third-order valence-corrected chi connectivity index (χ3v) is 6.06. The highest BCUT2D eigenvalue weighted by atomic mass is 16.7. The van der Waals surface area contributed by atoms with Gasteiger partial charge in [0, 0.05) is 11.6 Å². The molecular formula is C22H19NO5. The third kappa shape index (κ3) is 2.11. The third-order valence-electron chi connectivity index (χ3n) is 6.06. The number of aryl methyl sites for hydroxylation is 2. The molecule has 4 aliphatic rings. The molecule has 3 heterocycles. The van der Waals surface area contributed by atoms with Crippen molar-refractivity contribution in [2.45, 2.75) is 25.2 Å². The number of esters is 1. The van der Waals surface area contributed by atoms with Crippen molar-refractivity contribution in [1.82, 2.24) is 0 Å². The molecule has 0 aromatic heterocycles. The normalized spacial score (nSPS) is 21.0. The van der Waals surface area contributed by atoms with Crippen LogP contribution in [0.5, 0.6) is 17.2 Å². The number of benzene rings is 2. The van der Waals surface area contributed by atoms with Crippen molar-refractivity contribution in [3.8, 4) is 17.2 Å². The predicted molar refractivity (Wildman–Crippen MR) is 101 cm³/mol. The van der Waals surface area contributed by atoms with E-state index >= 15 is 0 Å². The van der Waals surface area contributed by atoms with Gasteiger partial charge in [-0.25, -0.2) is 4.79 Å². The number of ether oxygens (including phenoxy) is 4. The molecule has 3 aliphatic heterocycles. The number of carbonyl (C=O) groups excluding carboxylic acids is 1. The summed E-state index contributed by atoms with van der Waals surface area (Å²) in [5.41, 5.74) is 7.37. The Morgan fingerprint density at radius 2 is 1.93 bits per heavy atom. The Balaban J connectivity index is 1.58. The summed E-state index contributed by atoms with van der Waals surface area (Å²) in [6.45, 7) is 0.449. The van der Waals surface area contributed by atoms with E-state index < -0.39 is 0 Å². The molecule has 0 spiro atoms. The minimum absolute atomic E-state index is 0.168. The maximum Gasteiger partial charge on any atom is 0.337 e. The Labute approximate surface area is 162 Å². The van der Waals surface area contributed by atoms with E-state index in [2.05, 4.69) is 17.4 Å². The van der Waals surface area contributed by atoms with Gasteiger partial charge in [0.25, 0.3) is 0 Å². The van der Waals surface area contributed by atoms with Gasteiger partial charge in [-0.3, -0.25) is 0 Å². The molecule has 1 aliphatic carbocycles. The molecule has 142 valence electrons. The van der Waals surface area contributed by atoms with Gasteiger partial charge in [0.15, 0.2) is 11.5 Å². The second-order valence-corrected chi connectivity index (χ2v) is 7.55. The van der Waals surface area contributed by atoms with Crippen LogP contribution in [0.3, 0.4) is 0 Å². The second kappa shape index (κ2) is 5.67. The second-order valence-electron chi connectivity index (χ2n) is 7.55. The monoisotopic (exact) mass is 377 g/mol. The van der Waals surface area contributed by atoms with E-state index in [1.54, 1.807) is 7.11 Å². The van der Waals surface area contributed by atoms with Gasteiger partial charge in [-0.15, -0.1) is 0 Å². The van der Waals surface area contributed by atoms with Gasteiger partial charge in [-0.1, -0.05) is 6.07 Å². The van der Waals surface area contributed by atoms with Gasteiger partial charge in [-0.2, -0.15) is 0 Å². The standard InChI is InChI=1S/C22H19NO5/c1-25-17-7-13(8-18-21(17)28-10-27-18)19-14-5-11-3-2-4-12(11)6-15(14)23-16-9-26-22(24)20(16)19/h5-8,19,23H,2-4,9-10H2,1H3. The zero-order chi connectivity index (χ0) is 18.8. The topological polar surface area (TPSA) is 66.0 Å². The fourth-order valence-corrected chi connectivity index (χ4v) is 4.78. The summed E-state index contributed by atoms with van der Waals surface area (Å²) in [5.74, 6) is 1.37. The van der Waals surface area contributed by atoms with Crippen LogP contribution in [-0.2, 0) is 22.4 Å². The Morgan fingerprint density at radius 1 is 1.07 bits per heavy atom. The first-order chi connectivity index (χ1) is 13.7. The van der Waals surface area contributed by atoms with E-state index in [0.717, 1.165) is 35.4 Å². The number of nitrogens with one attached hydrogen (secondary N) is 1. The predicted octanol–water partition coefficient (Wildman–Crippen LogP) is 3.28. The minimum atomic E-state index is -0.268. The maximum absolute atomic E-state index is 12.6. The van der Waals surface area contributed by atoms with Gasteiger partial charge in [0.05, 0.1) is 18.4 Å². The largest absolute Gasteiger partial charge is 0.493 e. The summed E-state index contributed by atoms with van der Waals surface area (Å²) in [7, 11) is 1.61. The highest BCUT2D eigenvalue weighted by molar-refractivity contribution is 5.97. The van der Waals surface area contributed by atoms with Crippen molar-refractivity contribution in [1.29, 1.82) is 0 Å². The summed E-state index contributed by atoms with van der Waals surface area (Å²) in [6.07, 6.45) is 3.36. The van der Waals surface area contributed by atoms with Gasteiger partial charge in [0.2, 0.25) is 12.5 Å². The SMILES string of the molecule is COc1cc(C2C3=C(COC3=O)Nc3cc4c(cc32)CCC4)cc2c1OCO2. The van der Waals surface area contributed by atoms with Crippen LogP contribution in [-0.4, -0.2) is 26.5 Å². The van der Waals surface area contributed by atoms with Crippen molar-refractivity contribution in [3.63, 3.8) is 0 Å². The van der Waals surface area contributed by atoms with Crippen molar-refractivity contribution in [2.75, 3.05) is 25.8 Å². The van der Waals surface area contributed by atoms with E-state index in [9.17, 15) is 4.79 Å². The number of fused-ring (bicyclic) bond motifs is 3. The lowest BCUT2D eigenvalue weighted by Crippen LogP contribution is -2.20. The number of carbonyl (C=O) groups is 1. The molecule has 0 saturated heterocycles. The Hall–Kier alpha value is -3.15. The number of methoxy groups -OCH3 is 1. The highest BCUT2D eigenvalue weighted by Crippen LogP contribution is 2.50. The average Bonchev–Trinajstić information content (AvgIpc) is 3.43. The Kier molecular flexibility index (Phi) is 3.21. The number of anilines is 1. The minimum Gasteiger partial charge on any atom is -0.493 e. The number of rotatable bonds is 2. The van der Waals surface area contributed by atoms with Crippen molar-refractivity contribution >= 4 is 11.7 Å². The molecule has 6 nitrogen and oxygen atoms in total. The van der Waals surface area contributed by atoms with Gasteiger partial charge in [-0.05, 0) is 59.7 Å². The molecule has 2 aromatic carbocycles. The summed E-state index contributed by atoms with van der Waals surface area (Å²) >= 11 is 0. The summed E-state index contributed by atoms with van der Waals surface area (Å²) in [5, 5.41) is 3.45. The van der Waals surface area contributed by atoms with E-state index in [4.69, 9.17) is 18.9 Å². The van der Waals surface area contributed by atoms with Crippen molar-refractivity contribution < 1.29 is 23.7 Å². The fraction of sp³-hybridized carbons (Fsp3) is 0.318. The quantitative estimate of drug-likeness (QED) is 0.811. The van der Waals surface area contributed by atoms with E-state index in [1.807, 2.05) is 12.1 Å². The summed E-state index contributed by atoms with van der Waals surface area (Å²) in [4.78, 5) is 12.6. The number of hydrogen-bond acceptors (Lipinski definition) is 6. The van der Waals surface area contributed by atoms with Crippen LogP contribution < -0.4 is 19.5 Å². The molecule has 0 saturated carbocycles. The first-order valence-corrected chi connectivity index (χ1v) is 9.53. The molecule has 1 N–H and O–H groups in total. The zero-order valence-corrected chi connectivity index (χ0v) is 15.5. The van der Waals surface area contributed by atoms with Crippen LogP contribution in [0.2, 0.25) is 0 Å². The van der Waals surface area contributed by atoms with Gasteiger partial charge < -0.3 is 24.3 Å². The van der Waals surface area contributed by atoms with E-state index in [-0.39, 0.29) is 25.3 Å². The van der Waals surface area contributed by atoms with Crippen LogP contribution in [0.4, 0.5) is 5.69 Å². The first-order valence-electron chi connectivity index (χ1n) is 9.53. The zero-order valence-electron chi connectivity index (χ0n) is 15.5. The lowest BCUT2D eigenvalue weighted by molar-refractivity contribution is -0.136. The molecule has 0 bridgehead atoms. The van der Waals surface area contributed by atoms with Crippen LogP contribution in [0, 0.1) is 0 Å². The molecule has 1 atom stereocenters. The molecule has 28 heavy (non-hydrogen) atoms. The smallest absolute Gasteiger partial charge is 0.337 e. The van der Waals surface area contributed by atoms with E-state index in [0.29, 0.717) is 22.8 Å². The molecule has 1 unspecified atom stereocenters. The molecule has 0 radical (unpaired) electrons. The maximum atomic E-state index is 12.6. The number of hydrogen-bond donors (Lipinski definition) is 1. The molecule has 0 fully saturated rings. The Morgan fingerprint density at radius 3 is 2.79 bits per heavy atom. The Bertz CT molecular complexity index is 1070. The molecular weight excluding hydrogens is 358 g/mol. The lowest BCUT2D eigenvalue weighted by Gasteiger charge is -2.28. The average molecular weight is 377 g/mol. The van der Waals surface area contributed by atoms with Crippen LogP contribution >= 0.6 is 0 Å². The first kappa shape index (κ1) is 15.9. The van der Waals surface area contributed by atoms with Crippen molar-refractivity contribution in [2.24, 2.45) is 0 Å². The lowest BCUT2D eigenvalue weighted by atomic mass is 9.80. The van der Waals surface area contributed by atoms with Crippen LogP contribution in [0.1, 0.15) is 34.6 Å². The van der Waals surface area contributed by atoms with Crippen molar-refractivity contribution in [3.05, 3.63) is 57.8 Å². The molecule has 2 aromatic rings. The van der Waals surface area contributed by atoms with Gasteiger partial charge >= 0.3 is 5.97 Å². The summed E-state index contributed by atoms with van der Waals surface area (Å²) < 4.78 is 22.1. The van der Waals surface area contributed by atoms with Crippen LogP contribution in [0.25, 0.3) is 0 Å². The van der Waals surface area contributed by atoms with Crippen LogP contribution in [0.15, 0.2) is 35.5 Å². The van der Waals surface area contributed by atoms with Gasteiger partial charge in [0.1, 0.15) is 6.61 Å². The summed E-state index contributed by atoms with van der Waals surface area (Å²) in [6, 6.07) is 8.38. The molecule has 6 rings (SSSR count). The number of cyclic esters (lactones) is 1. The molecule has 0 amide bonds. The highest BCUT2D eigenvalue weighted by Gasteiger charge is 2.40.